The summed E-state index contributed by atoms with van der Waals surface area (Å²) in [6, 6.07) is 7.96. The largest absolute Gasteiger partial charge is 0.363 e. The molecule has 3 aromatic heterocycles. The van der Waals surface area contributed by atoms with Gasteiger partial charge in [-0.2, -0.15) is 0 Å². The molecule has 4 aromatic rings. The molecular formula is C25H21F3N6O2. The van der Waals surface area contributed by atoms with E-state index < -0.39 is 35.3 Å². The maximum Gasteiger partial charge on any atom is 0.266 e. The minimum Gasteiger partial charge on any atom is -0.363 e. The van der Waals surface area contributed by atoms with Crippen molar-refractivity contribution in [1.82, 2.24) is 19.5 Å². The lowest BCUT2D eigenvalue weighted by Gasteiger charge is -2.20. The number of amides is 1. The predicted octanol–water partition coefficient (Wildman–Crippen LogP) is 4.18. The second kappa shape index (κ2) is 9.06. The number of aromatic nitrogens is 4. The van der Waals surface area contributed by atoms with E-state index in [0.717, 1.165) is 11.8 Å². The fourth-order valence-electron chi connectivity index (χ4n) is 4.45. The molecule has 0 spiro atoms. The standard InChI is InChI=1S/C25H21F3N6O2/c1-13(14-5-3-6-15(20(14)26)21(27)28)32-22-16-11-17(24(35)33(2)23(16)31-12-30-22)25(36)34-10-8-18-19(34)7-4-9-29-18/h3-7,9,11-13,21H,8,10H2,1-2H3,(H,30,31,32)/t13-/m1/s1. The highest BCUT2D eigenvalue weighted by atomic mass is 19.3. The molecule has 0 saturated carbocycles. The second-order valence-corrected chi connectivity index (χ2v) is 8.47. The van der Waals surface area contributed by atoms with E-state index in [1.54, 1.807) is 25.3 Å². The van der Waals surface area contributed by atoms with E-state index in [-0.39, 0.29) is 22.6 Å². The minimum atomic E-state index is -2.95. The lowest BCUT2D eigenvalue weighted by molar-refractivity contribution is 0.0987. The molecule has 184 valence electrons. The molecular weight excluding hydrogens is 473 g/mol. The number of nitrogens with one attached hydrogen (secondary N) is 1. The van der Waals surface area contributed by atoms with Crippen molar-refractivity contribution in [2.45, 2.75) is 25.8 Å². The van der Waals surface area contributed by atoms with Gasteiger partial charge in [0, 0.05) is 31.8 Å². The maximum absolute atomic E-state index is 14.7. The summed E-state index contributed by atoms with van der Waals surface area (Å²) >= 11 is 0. The van der Waals surface area contributed by atoms with Crippen LogP contribution in [0.1, 0.15) is 46.6 Å². The first-order valence-electron chi connectivity index (χ1n) is 11.2. The third kappa shape index (κ3) is 3.86. The third-order valence-electron chi connectivity index (χ3n) is 6.32. The van der Waals surface area contributed by atoms with Gasteiger partial charge in [0.05, 0.1) is 28.4 Å². The van der Waals surface area contributed by atoms with Crippen LogP contribution in [0, 0.1) is 5.82 Å². The molecule has 1 aromatic carbocycles. The molecule has 1 atom stereocenters. The van der Waals surface area contributed by atoms with Crippen molar-refractivity contribution in [2.75, 3.05) is 16.8 Å². The van der Waals surface area contributed by atoms with Crippen LogP contribution in [-0.4, -0.2) is 32.0 Å². The Labute approximate surface area is 203 Å². The predicted molar refractivity (Wildman–Crippen MR) is 128 cm³/mol. The topological polar surface area (TPSA) is 93.0 Å². The van der Waals surface area contributed by atoms with Crippen LogP contribution in [0.3, 0.4) is 0 Å². The number of anilines is 2. The van der Waals surface area contributed by atoms with Gasteiger partial charge in [-0.25, -0.2) is 23.1 Å². The number of hydrogen-bond acceptors (Lipinski definition) is 6. The number of pyridine rings is 2. The molecule has 36 heavy (non-hydrogen) atoms. The number of halogens is 3. The van der Waals surface area contributed by atoms with Crippen molar-refractivity contribution in [1.29, 1.82) is 0 Å². The Morgan fingerprint density at radius 3 is 2.67 bits per heavy atom. The molecule has 1 N–H and O–H groups in total. The average Bonchev–Trinajstić information content (AvgIpc) is 3.30. The Morgan fingerprint density at radius 2 is 1.89 bits per heavy atom. The third-order valence-corrected chi connectivity index (χ3v) is 6.32. The second-order valence-electron chi connectivity index (χ2n) is 8.47. The van der Waals surface area contributed by atoms with E-state index in [0.29, 0.717) is 24.0 Å². The number of benzene rings is 1. The summed E-state index contributed by atoms with van der Waals surface area (Å²) in [5.74, 6) is -1.26. The van der Waals surface area contributed by atoms with Crippen LogP contribution in [0.4, 0.5) is 24.7 Å². The number of fused-ring (bicyclic) bond motifs is 2. The van der Waals surface area contributed by atoms with E-state index in [9.17, 15) is 22.8 Å². The summed E-state index contributed by atoms with van der Waals surface area (Å²) in [7, 11) is 1.49. The van der Waals surface area contributed by atoms with Gasteiger partial charge in [0.15, 0.2) is 0 Å². The first-order valence-corrected chi connectivity index (χ1v) is 11.2. The summed E-state index contributed by atoms with van der Waals surface area (Å²) in [4.78, 5) is 40.7. The number of carbonyl (C=O) groups excluding carboxylic acids is 1. The zero-order chi connectivity index (χ0) is 25.6. The highest BCUT2D eigenvalue weighted by Crippen LogP contribution is 2.31. The Balaban J connectivity index is 1.56. The van der Waals surface area contributed by atoms with Gasteiger partial charge in [0.1, 0.15) is 29.2 Å². The van der Waals surface area contributed by atoms with Crippen LogP contribution < -0.4 is 15.8 Å². The first kappa shape index (κ1) is 23.5. The average molecular weight is 494 g/mol. The van der Waals surface area contributed by atoms with E-state index in [1.165, 1.54) is 41.0 Å². The van der Waals surface area contributed by atoms with Gasteiger partial charge in [0.25, 0.3) is 17.9 Å². The van der Waals surface area contributed by atoms with Gasteiger partial charge in [0.2, 0.25) is 0 Å². The maximum atomic E-state index is 14.7. The fraction of sp³-hybridized carbons (Fsp3) is 0.240. The van der Waals surface area contributed by atoms with Crippen molar-refractivity contribution in [3.05, 3.63) is 87.5 Å². The monoisotopic (exact) mass is 494 g/mol. The minimum absolute atomic E-state index is 0.0295. The number of alkyl halides is 2. The molecule has 4 heterocycles. The van der Waals surface area contributed by atoms with Crippen molar-refractivity contribution < 1.29 is 18.0 Å². The normalized spacial score (nSPS) is 13.8. The van der Waals surface area contributed by atoms with Gasteiger partial charge in [-0.3, -0.25) is 19.1 Å². The molecule has 1 aliphatic rings. The molecule has 11 heteroatoms. The number of hydrogen-bond donors (Lipinski definition) is 1. The first-order chi connectivity index (χ1) is 17.3. The van der Waals surface area contributed by atoms with Gasteiger partial charge >= 0.3 is 0 Å². The number of rotatable bonds is 5. The molecule has 5 rings (SSSR count). The van der Waals surface area contributed by atoms with E-state index in [1.807, 2.05) is 0 Å². The Kier molecular flexibility index (Phi) is 5.91. The number of aryl methyl sites for hydroxylation is 1. The van der Waals surface area contributed by atoms with Crippen LogP contribution in [0.5, 0.6) is 0 Å². The van der Waals surface area contributed by atoms with Gasteiger partial charge < -0.3 is 10.2 Å². The Bertz CT molecular complexity index is 1560. The summed E-state index contributed by atoms with van der Waals surface area (Å²) in [6.07, 6.45) is 0.503. The molecule has 0 saturated heterocycles. The highest BCUT2D eigenvalue weighted by molar-refractivity contribution is 6.08. The zero-order valence-corrected chi connectivity index (χ0v) is 19.4. The van der Waals surface area contributed by atoms with E-state index in [2.05, 4.69) is 20.3 Å². The van der Waals surface area contributed by atoms with Crippen molar-refractivity contribution in [3.8, 4) is 0 Å². The molecule has 0 bridgehead atoms. The van der Waals surface area contributed by atoms with Crippen molar-refractivity contribution >= 4 is 28.4 Å². The summed E-state index contributed by atoms with van der Waals surface area (Å²) in [5.41, 5.74) is 0.403. The van der Waals surface area contributed by atoms with Crippen LogP contribution >= 0.6 is 0 Å². The van der Waals surface area contributed by atoms with Crippen LogP contribution in [0.2, 0.25) is 0 Å². The summed E-state index contributed by atoms with van der Waals surface area (Å²) in [5, 5.41) is 3.37. The molecule has 0 radical (unpaired) electrons. The molecule has 8 nitrogen and oxygen atoms in total. The van der Waals surface area contributed by atoms with Crippen LogP contribution in [-0.2, 0) is 13.5 Å². The molecule has 1 amide bonds. The van der Waals surface area contributed by atoms with Gasteiger partial charge in [-0.05, 0) is 25.1 Å². The van der Waals surface area contributed by atoms with E-state index >= 15 is 0 Å². The lowest BCUT2D eigenvalue weighted by Crippen LogP contribution is -2.35. The molecule has 1 aliphatic heterocycles. The number of carbonyl (C=O) groups is 1. The Morgan fingerprint density at radius 1 is 1.11 bits per heavy atom. The van der Waals surface area contributed by atoms with Crippen molar-refractivity contribution in [2.24, 2.45) is 7.05 Å². The van der Waals surface area contributed by atoms with Gasteiger partial charge in [-0.1, -0.05) is 18.2 Å². The van der Waals surface area contributed by atoms with Crippen LogP contribution in [0.15, 0.2) is 53.7 Å². The molecule has 0 aliphatic carbocycles. The summed E-state index contributed by atoms with van der Waals surface area (Å²) < 4.78 is 42.3. The smallest absolute Gasteiger partial charge is 0.266 e. The summed E-state index contributed by atoms with van der Waals surface area (Å²) in [6.45, 7) is 1.99. The Hall–Kier alpha value is -4.28. The quantitative estimate of drug-likeness (QED) is 0.448. The molecule has 0 unspecified atom stereocenters. The SMILES string of the molecule is C[C@@H](Nc1ncnc2c1cc(C(=O)N1CCc3ncccc31)c(=O)n2C)c1cccc(C(F)F)c1F. The fourth-order valence-corrected chi connectivity index (χ4v) is 4.45. The van der Waals surface area contributed by atoms with Gasteiger partial charge in [-0.15, -0.1) is 0 Å². The number of nitrogens with zero attached hydrogens (tertiary/aromatic N) is 5. The zero-order valence-electron chi connectivity index (χ0n) is 19.4. The molecule has 0 fully saturated rings. The van der Waals surface area contributed by atoms with Crippen molar-refractivity contribution in [3.63, 3.8) is 0 Å². The lowest BCUT2D eigenvalue weighted by atomic mass is 10.0. The highest BCUT2D eigenvalue weighted by Gasteiger charge is 2.29. The van der Waals surface area contributed by atoms with E-state index in [4.69, 9.17) is 0 Å². The van der Waals surface area contributed by atoms with Crippen LogP contribution in [0.25, 0.3) is 11.0 Å².